The molecule has 18 heavy (non-hydrogen) atoms. The van der Waals surface area contributed by atoms with E-state index in [1.807, 2.05) is 0 Å². The molecule has 2 aliphatic rings. The summed E-state index contributed by atoms with van der Waals surface area (Å²) < 4.78 is 5.45. The molecule has 0 bridgehead atoms. The number of hydrogen-bond acceptors (Lipinski definition) is 3. The van der Waals surface area contributed by atoms with Crippen LogP contribution < -0.4 is 10.2 Å². The van der Waals surface area contributed by atoms with E-state index in [1.54, 1.807) is 0 Å². The van der Waals surface area contributed by atoms with Crippen molar-refractivity contribution in [1.29, 1.82) is 0 Å². The molecule has 0 aliphatic carbocycles. The fourth-order valence-corrected chi connectivity index (χ4v) is 3.04. The molecule has 2 saturated heterocycles. The largest absolute Gasteiger partial charge is 0.378 e. The highest BCUT2D eigenvalue weighted by atomic mass is 16.5. The molecule has 0 spiro atoms. The van der Waals surface area contributed by atoms with Crippen LogP contribution in [0.2, 0.25) is 0 Å². The maximum atomic E-state index is 5.45. The molecule has 2 aliphatic heterocycles. The van der Waals surface area contributed by atoms with E-state index in [1.165, 1.54) is 30.6 Å². The van der Waals surface area contributed by atoms with Crippen LogP contribution >= 0.6 is 0 Å². The Bertz CT molecular complexity index is 345. The first-order valence-electron chi connectivity index (χ1n) is 7.07. The van der Waals surface area contributed by atoms with E-state index in [4.69, 9.17) is 4.74 Å². The van der Waals surface area contributed by atoms with E-state index >= 15 is 0 Å². The third-order valence-corrected chi connectivity index (χ3v) is 4.03. The summed E-state index contributed by atoms with van der Waals surface area (Å²) in [6, 6.07) is 8.91. The molecule has 3 nitrogen and oxygen atoms in total. The highest BCUT2D eigenvalue weighted by molar-refractivity contribution is 5.55. The standard InChI is InChI=1S/C15H22N2O/c1-2-6-15(17-8-10-18-11-9-17)14(5-1)13-4-3-7-16-12-13/h1-2,5-6,13,16H,3-4,7-12H2. The van der Waals surface area contributed by atoms with Gasteiger partial charge in [-0.25, -0.2) is 0 Å². The minimum atomic E-state index is 0.679. The third kappa shape index (κ3) is 2.52. The number of benzene rings is 1. The summed E-state index contributed by atoms with van der Waals surface area (Å²) in [6.07, 6.45) is 2.61. The van der Waals surface area contributed by atoms with Crippen LogP contribution in [-0.4, -0.2) is 39.4 Å². The van der Waals surface area contributed by atoms with E-state index in [0.29, 0.717) is 5.92 Å². The Kier molecular flexibility index (Phi) is 3.81. The summed E-state index contributed by atoms with van der Waals surface area (Å²) in [5.41, 5.74) is 2.95. The molecule has 3 heteroatoms. The van der Waals surface area contributed by atoms with Crippen molar-refractivity contribution in [3.63, 3.8) is 0 Å². The van der Waals surface area contributed by atoms with Crippen LogP contribution in [0.5, 0.6) is 0 Å². The zero-order chi connectivity index (χ0) is 12.2. The molecular weight excluding hydrogens is 224 g/mol. The molecular formula is C15H22N2O. The lowest BCUT2D eigenvalue weighted by atomic mass is 9.90. The molecule has 3 rings (SSSR count). The van der Waals surface area contributed by atoms with Crippen molar-refractivity contribution in [2.24, 2.45) is 0 Å². The first-order valence-corrected chi connectivity index (χ1v) is 7.07. The molecule has 2 fully saturated rings. The quantitative estimate of drug-likeness (QED) is 0.863. The van der Waals surface area contributed by atoms with Gasteiger partial charge in [0, 0.05) is 25.3 Å². The van der Waals surface area contributed by atoms with Gasteiger partial charge in [0.05, 0.1) is 13.2 Å². The summed E-state index contributed by atoms with van der Waals surface area (Å²) in [4.78, 5) is 2.48. The maximum Gasteiger partial charge on any atom is 0.0642 e. The molecule has 0 aromatic heterocycles. The summed E-state index contributed by atoms with van der Waals surface area (Å²) in [5.74, 6) is 0.679. The van der Waals surface area contributed by atoms with Gasteiger partial charge in [-0.05, 0) is 36.9 Å². The Labute approximate surface area is 109 Å². The van der Waals surface area contributed by atoms with Crippen LogP contribution in [0.1, 0.15) is 24.3 Å². The second kappa shape index (κ2) is 5.72. The number of nitrogens with one attached hydrogen (secondary N) is 1. The van der Waals surface area contributed by atoms with Gasteiger partial charge >= 0.3 is 0 Å². The third-order valence-electron chi connectivity index (χ3n) is 4.03. The van der Waals surface area contributed by atoms with Crippen LogP contribution in [0.15, 0.2) is 24.3 Å². The Morgan fingerprint density at radius 2 is 2.00 bits per heavy atom. The van der Waals surface area contributed by atoms with Gasteiger partial charge < -0.3 is 15.0 Å². The Hall–Kier alpha value is -1.06. The van der Waals surface area contributed by atoms with Gasteiger partial charge in [-0.15, -0.1) is 0 Å². The van der Waals surface area contributed by atoms with Gasteiger partial charge in [-0.1, -0.05) is 18.2 Å². The summed E-state index contributed by atoms with van der Waals surface area (Å²) in [7, 11) is 0. The number of para-hydroxylation sites is 1. The molecule has 1 unspecified atom stereocenters. The molecule has 1 aromatic rings. The van der Waals surface area contributed by atoms with Crippen molar-refractivity contribution in [1.82, 2.24) is 5.32 Å². The second-order valence-electron chi connectivity index (χ2n) is 5.20. The van der Waals surface area contributed by atoms with Gasteiger partial charge in [0.1, 0.15) is 0 Å². The summed E-state index contributed by atoms with van der Waals surface area (Å²) in [5, 5.41) is 3.52. The molecule has 2 heterocycles. The van der Waals surface area contributed by atoms with E-state index in [2.05, 4.69) is 34.5 Å². The van der Waals surface area contributed by atoms with Crippen molar-refractivity contribution in [3.05, 3.63) is 29.8 Å². The molecule has 0 radical (unpaired) electrons. The first kappa shape index (κ1) is 12.0. The van der Waals surface area contributed by atoms with E-state index < -0.39 is 0 Å². The van der Waals surface area contributed by atoms with Gasteiger partial charge in [-0.3, -0.25) is 0 Å². The first-order chi connectivity index (χ1) is 8.95. The van der Waals surface area contributed by atoms with E-state index in [-0.39, 0.29) is 0 Å². The van der Waals surface area contributed by atoms with E-state index in [0.717, 1.165) is 32.8 Å². The van der Waals surface area contributed by atoms with E-state index in [9.17, 15) is 0 Å². The average molecular weight is 246 g/mol. The van der Waals surface area contributed by atoms with Gasteiger partial charge in [0.25, 0.3) is 0 Å². The minimum absolute atomic E-state index is 0.679. The van der Waals surface area contributed by atoms with Crippen LogP contribution in [-0.2, 0) is 4.74 Å². The SMILES string of the molecule is c1ccc(N2CCOCC2)c(C2CCCNC2)c1. The van der Waals surface area contributed by atoms with Crippen molar-refractivity contribution >= 4 is 5.69 Å². The van der Waals surface area contributed by atoms with Crippen LogP contribution in [0.3, 0.4) is 0 Å². The maximum absolute atomic E-state index is 5.45. The minimum Gasteiger partial charge on any atom is -0.378 e. The van der Waals surface area contributed by atoms with Gasteiger partial charge in [-0.2, -0.15) is 0 Å². The molecule has 98 valence electrons. The van der Waals surface area contributed by atoms with Crippen molar-refractivity contribution in [2.75, 3.05) is 44.3 Å². The number of anilines is 1. The fraction of sp³-hybridized carbons (Fsp3) is 0.600. The smallest absolute Gasteiger partial charge is 0.0642 e. The molecule has 1 aromatic carbocycles. The second-order valence-corrected chi connectivity index (χ2v) is 5.20. The van der Waals surface area contributed by atoms with Gasteiger partial charge in [0.2, 0.25) is 0 Å². The van der Waals surface area contributed by atoms with Crippen LogP contribution in [0, 0.1) is 0 Å². The van der Waals surface area contributed by atoms with Crippen LogP contribution in [0.25, 0.3) is 0 Å². The number of ether oxygens (including phenoxy) is 1. The lowest BCUT2D eigenvalue weighted by Gasteiger charge is -2.33. The van der Waals surface area contributed by atoms with Crippen LogP contribution in [0.4, 0.5) is 5.69 Å². The van der Waals surface area contributed by atoms with Crippen molar-refractivity contribution in [2.45, 2.75) is 18.8 Å². The number of rotatable bonds is 2. The highest BCUT2D eigenvalue weighted by Gasteiger charge is 2.21. The number of hydrogen-bond donors (Lipinski definition) is 1. The lowest BCUT2D eigenvalue weighted by molar-refractivity contribution is 0.122. The normalized spacial score (nSPS) is 25.1. The molecule has 0 amide bonds. The Morgan fingerprint density at radius 3 is 2.78 bits per heavy atom. The Balaban J connectivity index is 1.83. The Morgan fingerprint density at radius 1 is 1.17 bits per heavy atom. The van der Waals surface area contributed by atoms with Crippen molar-refractivity contribution in [3.8, 4) is 0 Å². The molecule has 1 atom stereocenters. The monoisotopic (exact) mass is 246 g/mol. The average Bonchev–Trinajstić information content (AvgIpc) is 2.49. The zero-order valence-electron chi connectivity index (χ0n) is 10.9. The lowest BCUT2D eigenvalue weighted by Crippen LogP contribution is -2.37. The summed E-state index contributed by atoms with van der Waals surface area (Å²) in [6.45, 7) is 6.07. The number of piperidine rings is 1. The number of morpholine rings is 1. The van der Waals surface area contributed by atoms with Crippen molar-refractivity contribution < 1.29 is 4.74 Å². The van der Waals surface area contributed by atoms with Gasteiger partial charge in [0.15, 0.2) is 0 Å². The topological polar surface area (TPSA) is 24.5 Å². The zero-order valence-corrected chi connectivity index (χ0v) is 10.9. The predicted molar refractivity (Wildman–Crippen MR) is 74.3 cm³/mol. The highest BCUT2D eigenvalue weighted by Crippen LogP contribution is 2.32. The number of nitrogens with zero attached hydrogens (tertiary/aromatic N) is 1. The molecule has 1 N–H and O–H groups in total. The molecule has 0 saturated carbocycles. The summed E-state index contributed by atoms with van der Waals surface area (Å²) >= 11 is 0. The predicted octanol–water partition coefficient (Wildman–Crippen LogP) is 1.99. The fourth-order valence-electron chi connectivity index (χ4n) is 3.04.